The quantitative estimate of drug-likeness (QED) is 0.264. The van der Waals surface area contributed by atoms with Gasteiger partial charge in [-0.25, -0.2) is 4.98 Å². The summed E-state index contributed by atoms with van der Waals surface area (Å²) in [4.78, 5) is 30.6. The minimum atomic E-state index is -0.365. The van der Waals surface area contributed by atoms with Gasteiger partial charge in [-0.1, -0.05) is 46.7 Å². The van der Waals surface area contributed by atoms with Crippen LogP contribution in [0.2, 0.25) is 10.0 Å². The predicted octanol–water partition coefficient (Wildman–Crippen LogP) is 7.28. The van der Waals surface area contributed by atoms with Crippen molar-refractivity contribution in [3.05, 3.63) is 81.8 Å². The van der Waals surface area contributed by atoms with E-state index in [0.29, 0.717) is 21.4 Å². The van der Waals surface area contributed by atoms with E-state index >= 15 is 0 Å². The lowest BCUT2D eigenvalue weighted by Gasteiger charge is -2.12. The molecule has 9 heteroatoms. The van der Waals surface area contributed by atoms with Gasteiger partial charge in [-0.15, -0.1) is 11.8 Å². The topological polar surface area (TPSA) is 71.1 Å². The van der Waals surface area contributed by atoms with Gasteiger partial charge in [0.05, 0.1) is 26.1 Å². The highest BCUT2D eigenvalue weighted by Gasteiger charge is 2.17. The summed E-state index contributed by atoms with van der Waals surface area (Å²) in [5, 5.41) is 6.69. The average molecular weight is 516 g/mol. The number of halogens is 2. The van der Waals surface area contributed by atoms with Crippen molar-refractivity contribution in [3.8, 4) is 0 Å². The third kappa shape index (κ3) is 5.86. The molecule has 0 saturated heterocycles. The lowest BCUT2D eigenvalue weighted by atomic mass is 10.2. The summed E-state index contributed by atoms with van der Waals surface area (Å²) >= 11 is 14.9. The number of nitrogens with zero attached hydrogens (tertiary/aromatic N) is 1. The molecule has 0 fully saturated rings. The van der Waals surface area contributed by atoms with Gasteiger partial charge in [0, 0.05) is 15.6 Å². The Balaban J connectivity index is 1.40. The van der Waals surface area contributed by atoms with E-state index in [0.717, 1.165) is 20.7 Å². The van der Waals surface area contributed by atoms with E-state index in [9.17, 15) is 9.59 Å². The van der Waals surface area contributed by atoms with Crippen LogP contribution in [0, 0.1) is 6.92 Å². The number of rotatable bonds is 6. The number of thioether (sulfide) groups is 1. The van der Waals surface area contributed by atoms with Crippen molar-refractivity contribution < 1.29 is 9.59 Å². The van der Waals surface area contributed by atoms with E-state index in [-0.39, 0.29) is 22.1 Å². The van der Waals surface area contributed by atoms with Crippen molar-refractivity contribution in [3.63, 3.8) is 0 Å². The van der Waals surface area contributed by atoms with Crippen LogP contribution in [0.3, 0.4) is 0 Å². The molecule has 0 aliphatic rings. The zero-order valence-corrected chi connectivity index (χ0v) is 20.8. The highest BCUT2D eigenvalue weighted by atomic mass is 35.5. The molecule has 2 amide bonds. The molecule has 3 aromatic carbocycles. The minimum Gasteiger partial charge on any atom is -0.322 e. The number of hydrogen-bond acceptors (Lipinski definition) is 5. The van der Waals surface area contributed by atoms with Crippen LogP contribution < -0.4 is 10.6 Å². The number of hydrogen-bond donors (Lipinski definition) is 2. The van der Waals surface area contributed by atoms with Crippen LogP contribution in [0.1, 0.15) is 22.8 Å². The van der Waals surface area contributed by atoms with Gasteiger partial charge < -0.3 is 10.6 Å². The number of nitrogens with one attached hydrogen (secondary N) is 2. The molecule has 1 atom stereocenters. The first-order chi connectivity index (χ1) is 15.8. The summed E-state index contributed by atoms with van der Waals surface area (Å²) in [6.07, 6.45) is 0. The molecule has 0 aliphatic carbocycles. The van der Waals surface area contributed by atoms with Gasteiger partial charge in [-0.2, -0.15) is 0 Å². The highest BCUT2D eigenvalue weighted by molar-refractivity contribution is 8.00. The molecule has 0 aliphatic heterocycles. The molecular weight excluding hydrogens is 497 g/mol. The maximum atomic E-state index is 12.7. The highest BCUT2D eigenvalue weighted by Crippen LogP contribution is 2.30. The van der Waals surface area contributed by atoms with Crippen LogP contribution in [0.15, 0.2) is 65.6 Å². The molecule has 1 aromatic heterocycles. The molecule has 2 N–H and O–H groups in total. The van der Waals surface area contributed by atoms with Crippen LogP contribution in [0.25, 0.3) is 10.2 Å². The molecule has 0 spiro atoms. The molecule has 1 heterocycles. The lowest BCUT2D eigenvalue weighted by Crippen LogP contribution is -2.22. The van der Waals surface area contributed by atoms with Gasteiger partial charge in [0.1, 0.15) is 0 Å². The molecule has 5 nitrogen and oxygen atoms in total. The molecule has 0 radical (unpaired) electrons. The SMILES string of the molecule is Cc1ccc2nc(NC(=O)C(C)Sc3cccc(NC(=O)c4ccc(Cl)cc4Cl)c3)sc2c1. The second-order valence-corrected chi connectivity index (χ2v) is 10.6. The molecule has 168 valence electrons. The van der Waals surface area contributed by atoms with Crippen molar-refractivity contribution in [1.82, 2.24) is 4.98 Å². The third-order valence-electron chi connectivity index (χ3n) is 4.72. The first kappa shape index (κ1) is 23.6. The lowest BCUT2D eigenvalue weighted by molar-refractivity contribution is -0.115. The van der Waals surface area contributed by atoms with Gasteiger partial charge in [0.15, 0.2) is 5.13 Å². The van der Waals surface area contributed by atoms with Crippen LogP contribution in [-0.4, -0.2) is 22.0 Å². The molecular formula is C24H19Cl2N3O2S2. The second-order valence-electron chi connectivity index (χ2n) is 7.35. The maximum Gasteiger partial charge on any atom is 0.257 e. The molecule has 33 heavy (non-hydrogen) atoms. The number of carbonyl (C=O) groups excluding carboxylic acids is 2. The van der Waals surface area contributed by atoms with E-state index in [1.807, 2.05) is 44.2 Å². The average Bonchev–Trinajstić information content (AvgIpc) is 3.15. The molecule has 4 rings (SSSR count). The molecule has 1 unspecified atom stereocenters. The van der Waals surface area contributed by atoms with Gasteiger partial charge >= 0.3 is 0 Å². The number of anilines is 2. The van der Waals surface area contributed by atoms with Gasteiger partial charge in [0.25, 0.3) is 5.91 Å². The maximum absolute atomic E-state index is 12.7. The van der Waals surface area contributed by atoms with E-state index in [4.69, 9.17) is 23.2 Å². The monoisotopic (exact) mass is 515 g/mol. The summed E-state index contributed by atoms with van der Waals surface area (Å²) < 4.78 is 1.04. The summed E-state index contributed by atoms with van der Waals surface area (Å²) in [7, 11) is 0. The third-order valence-corrected chi connectivity index (χ3v) is 7.30. The zero-order chi connectivity index (χ0) is 23.5. The fourth-order valence-electron chi connectivity index (χ4n) is 3.07. The van der Waals surface area contributed by atoms with Crippen molar-refractivity contribution in [2.24, 2.45) is 0 Å². The van der Waals surface area contributed by atoms with Gasteiger partial charge in [0.2, 0.25) is 5.91 Å². The van der Waals surface area contributed by atoms with Crippen molar-refractivity contribution in [2.75, 3.05) is 10.6 Å². The standard InChI is InChI=1S/C24H19Cl2N3O2S2/c1-13-6-9-20-21(10-13)33-24(28-20)29-22(30)14(2)32-17-5-3-4-16(12-17)27-23(31)18-8-7-15(25)11-19(18)26/h3-12,14H,1-2H3,(H,27,31)(H,28,29,30). The Labute approximate surface area is 209 Å². The van der Waals surface area contributed by atoms with E-state index in [2.05, 4.69) is 21.7 Å². The van der Waals surface area contributed by atoms with Crippen LogP contribution in [0.4, 0.5) is 10.8 Å². The van der Waals surface area contributed by atoms with Crippen LogP contribution >= 0.6 is 46.3 Å². The fraction of sp³-hybridized carbons (Fsp3) is 0.125. The minimum absolute atomic E-state index is 0.141. The summed E-state index contributed by atoms with van der Waals surface area (Å²) in [6, 6.07) is 18.0. The van der Waals surface area contributed by atoms with Crippen molar-refractivity contribution in [2.45, 2.75) is 24.0 Å². The first-order valence-corrected chi connectivity index (χ1v) is 12.4. The number of benzene rings is 3. The molecule has 4 aromatic rings. The Kier molecular flexibility index (Phi) is 7.24. The Bertz CT molecular complexity index is 1360. The smallest absolute Gasteiger partial charge is 0.257 e. The summed E-state index contributed by atoms with van der Waals surface area (Å²) in [6.45, 7) is 3.85. The predicted molar refractivity (Wildman–Crippen MR) is 139 cm³/mol. The van der Waals surface area contributed by atoms with Crippen molar-refractivity contribution >= 4 is 79.2 Å². The van der Waals surface area contributed by atoms with Gasteiger partial charge in [-0.3, -0.25) is 9.59 Å². The van der Waals surface area contributed by atoms with Crippen molar-refractivity contribution in [1.29, 1.82) is 0 Å². The molecule has 0 bridgehead atoms. The van der Waals surface area contributed by atoms with E-state index in [1.165, 1.54) is 29.2 Å². The second kappa shape index (κ2) is 10.1. The number of thiazole rings is 1. The Morgan fingerprint density at radius 1 is 1.03 bits per heavy atom. The number of aryl methyl sites for hydroxylation is 1. The summed E-state index contributed by atoms with van der Waals surface area (Å²) in [5.74, 6) is -0.478. The first-order valence-electron chi connectivity index (χ1n) is 9.99. The largest absolute Gasteiger partial charge is 0.322 e. The van der Waals surface area contributed by atoms with E-state index < -0.39 is 0 Å². The molecule has 0 saturated carbocycles. The summed E-state index contributed by atoms with van der Waals surface area (Å²) in [5.41, 5.74) is 2.95. The Hall–Kier alpha value is -2.58. The fourth-order valence-corrected chi connectivity index (χ4v) is 5.46. The zero-order valence-electron chi connectivity index (χ0n) is 17.7. The number of fused-ring (bicyclic) bond motifs is 1. The van der Waals surface area contributed by atoms with Crippen LogP contribution in [0.5, 0.6) is 0 Å². The van der Waals surface area contributed by atoms with E-state index in [1.54, 1.807) is 18.2 Å². The van der Waals surface area contributed by atoms with Crippen LogP contribution in [-0.2, 0) is 4.79 Å². The number of carbonyl (C=O) groups is 2. The Morgan fingerprint density at radius 2 is 1.85 bits per heavy atom. The van der Waals surface area contributed by atoms with Gasteiger partial charge in [-0.05, 0) is 67.9 Å². The number of amides is 2. The number of aromatic nitrogens is 1. The normalized spacial score (nSPS) is 11.9. The Morgan fingerprint density at radius 3 is 2.64 bits per heavy atom.